The van der Waals surface area contributed by atoms with Crippen LogP contribution in [0.4, 0.5) is 5.69 Å². The average Bonchev–Trinajstić information content (AvgIpc) is 3.37. The molecule has 0 spiro atoms. The van der Waals surface area contributed by atoms with Gasteiger partial charge in [0.15, 0.2) is 0 Å². The summed E-state index contributed by atoms with van der Waals surface area (Å²) in [4.78, 5) is 19.4. The molecule has 0 saturated heterocycles. The number of fused-ring (bicyclic) bond motifs is 2. The van der Waals surface area contributed by atoms with Crippen molar-refractivity contribution >= 4 is 17.2 Å². The van der Waals surface area contributed by atoms with E-state index in [-0.39, 0.29) is 5.91 Å². The Balaban J connectivity index is 1.28. The van der Waals surface area contributed by atoms with Crippen LogP contribution in [0, 0.1) is 6.92 Å². The highest BCUT2D eigenvalue weighted by Gasteiger charge is 2.24. The van der Waals surface area contributed by atoms with Crippen molar-refractivity contribution in [3.63, 3.8) is 0 Å². The van der Waals surface area contributed by atoms with Gasteiger partial charge in [0.05, 0.1) is 5.69 Å². The van der Waals surface area contributed by atoms with Crippen molar-refractivity contribution in [2.45, 2.75) is 20.0 Å². The van der Waals surface area contributed by atoms with Crippen molar-refractivity contribution in [1.82, 2.24) is 9.38 Å². The monoisotopic (exact) mass is 383 g/mol. The van der Waals surface area contributed by atoms with Gasteiger partial charge in [-0.15, -0.1) is 0 Å². The molecule has 5 heteroatoms. The molecule has 3 heterocycles. The third-order valence-electron chi connectivity index (χ3n) is 5.35. The van der Waals surface area contributed by atoms with E-state index in [9.17, 15) is 4.79 Å². The molecule has 144 valence electrons. The molecule has 4 aromatic rings. The minimum Gasteiger partial charge on any atom is -0.487 e. The van der Waals surface area contributed by atoms with Crippen LogP contribution in [0.3, 0.4) is 0 Å². The highest BCUT2D eigenvalue weighted by molar-refractivity contribution is 6.07. The molecule has 0 atom stereocenters. The Morgan fingerprint density at radius 1 is 1.07 bits per heavy atom. The summed E-state index contributed by atoms with van der Waals surface area (Å²) >= 11 is 0. The first-order chi connectivity index (χ1) is 14.2. The number of para-hydroxylation sites is 1. The average molecular weight is 383 g/mol. The number of pyridine rings is 1. The molecule has 0 fully saturated rings. The minimum absolute atomic E-state index is 0.0253. The minimum atomic E-state index is 0.0253. The molecule has 29 heavy (non-hydrogen) atoms. The van der Waals surface area contributed by atoms with Gasteiger partial charge in [0, 0.05) is 30.2 Å². The van der Waals surface area contributed by atoms with Gasteiger partial charge in [0.25, 0.3) is 5.91 Å². The zero-order valence-electron chi connectivity index (χ0n) is 16.2. The second-order valence-electron chi connectivity index (χ2n) is 7.30. The van der Waals surface area contributed by atoms with Gasteiger partial charge >= 0.3 is 0 Å². The molecule has 5 nitrogen and oxygen atoms in total. The number of amides is 1. The van der Waals surface area contributed by atoms with Gasteiger partial charge in [-0.3, -0.25) is 4.79 Å². The number of nitrogens with zero attached hydrogens (tertiary/aromatic N) is 3. The summed E-state index contributed by atoms with van der Waals surface area (Å²) in [5.74, 6) is 0.745. The number of rotatable bonds is 4. The number of imidazole rings is 1. The molecule has 0 unspecified atom stereocenters. The molecule has 1 amide bonds. The van der Waals surface area contributed by atoms with Crippen LogP contribution in [0.5, 0.6) is 5.75 Å². The van der Waals surface area contributed by atoms with Gasteiger partial charge < -0.3 is 14.0 Å². The molecule has 1 aliphatic rings. The number of hydrogen-bond donors (Lipinski definition) is 0. The first kappa shape index (κ1) is 17.5. The van der Waals surface area contributed by atoms with Crippen molar-refractivity contribution in [3.8, 4) is 5.75 Å². The second-order valence-corrected chi connectivity index (χ2v) is 7.30. The van der Waals surface area contributed by atoms with Gasteiger partial charge in [-0.1, -0.05) is 24.3 Å². The van der Waals surface area contributed by atoms with E-state index in [1.165, 1.54) is 5.56 Å². The Bertz CT molecular complexity index is 1190. The predicted molar refractivity (Wildman–Crippen MR) is 113 cm³/mol. The molecule has 0 N–H and O–H groups in total. The third kappa shape index (κ3) is 3.25. The molecule has 0 radical (unpaired) electrons. The molecule has 0 saturated carbocycles. The fourth-order valence-corrected chi connectivity index (χ4v) is 3.83. The Morgan fingerprint density at radius 3 is 2.72 bits per heavy atom. The smallest absolute Gasteiger partial charge is 0.258 e. The summed E-state index contributed by atoms with van der Waals surface area (Å²) in [7, 11) is 0. The summed E-state index contributed by atoms with van der Waals surface area (Å²) in [5.41, 5.74) is 5.84. The molecular weight excluding hydrogens is 362 g/mol. The van der Waals surface area contributed by atoms with Gasteiger partial charge in [-0.2, -0.15) is 0 Å². The molecule has 0 bridgehead atoms. The Morgan fingerprint density at radius 2 is 1.90 bits per heavy atom. The van der Waals surface area contributed by atoms with Crippen LogP contribution in [0.2, 0.25) is 0 Å². The number of anilines is 1. The number of benzene rings is 2. The van der Waals surface area contributed by atoms with Crippen molar-refractivity contribution < 1.29 is 9.53 Å². The lowest BCUT2D eigenvalue weighted by atomic mass is 10.1. The van der Waals surface area contributed by atoms with Crippen LogP contribution in [0.25, 0.3) is 5.65 Å². The van der Waals surface area contributed by atoms with Crippen molar-refractivity contribution in [1.29, 1.82) is 0 Å². The SMILES string of the molecule is Cc1cccn2cc(COc3ccc(C(=O)N4CCc5ccccc54)cc3)nc12. The molecular formula is C24H21N3O2. The lowest BCUT2D eigenvalue weighted by Gasteiger charge is -2.17. The van der Waals surface area contributed by atoms with Crippen LogP contribution in [-0.2, 0) is 13.0 Å². The van der Waals surface area contributed by atoms with Crippen LogP contribution in [0.1, 0.15) is 27.2 Å². The zero-order valence-corrected chi connectivity index (χ0v) is 16.2. The van der Waals surface area contributed by atoms with Gasteiger partial charge in [-0.25, -0.2) is 4.98 Å². The summed E-state index contributed by atoms with van der Waals surface area (Å²) < 4.78 is 7.88. The maximum absolute atomic E-state index is 12.9. The fraction of sp³-hybridized carbons (Fsp3) is 0.167. The first-order valence-corrected chi connectivity index (χ1v) is 9.75. The summed E-state index contributed by atoms with van der Waals surface area (Å²) in [6.07, 6.45) is 4.86. The number of carbonyl (C=O) groups excluding carboxylic acids is 1. The molecule has 1 aliphatic heterocycles. The second kappa shape index (κ2) is 7.09. The lowest BCUT2D eigenvalue weighted by molar-refractivity contribution is 0.0989. The first-order valence-electron chi connectivity index (χ1n) is 9.75. The number of ether oxygens (including phenoxy) is 1. The largest absolute Gasteiger partial charge is 0.487 e. The highest BCUT2D eigenvalue weighted by Crippen LogP contribution is 2.29. The van der Waals surface area contributed by atoms with Crippen LogP contribution in [0.15, 0.2) is 73.1 Å². The highest BCUT2D eigenvalue weighted by atomic mass is 16.5. The van der Waals surface area contributed by atoms with Crippen molar-refractivity contribution in [2.24, 2.45) is 0 Å². The standard InChI is InChI=1S/C24H21N3O2/c1-17-5-4-13-26-15-20(25-23(17)26)16-29-21-10-8-19(9-11-21)24(28)27-14-12-18-6-2-3-7-22(18)27/h2-11,13,15H,12,14,16H2,1H3. The van der Waals surface area contributed by atoms with E-state index in [2.05, 4.69) is 11.1 Å². The number of aromatic nitrogens is 2. The molecule has 0 aliphatic carbocycles. The summed E-state index contributed by atoms with van der Waals surface area (Å²) in [5, 5.41) is 0. The van der Waals surface area contributed by atoms with Crippen LogP contribution >= 0.6 is 0 Å². The van der Waals surface area contributed by atoms with Crippen LogP contribution < -0.4 is 9.64 Å². The number of carbonyl (C=O) groups is 1. The maximum Gasteiger partial charge on any atom is 0.258 e. The van der Waals surface area contributed by atoms with Crippen molar-refractivity contribution in [2.75, 3.05) is 11.4 Å². The normalized spacial score (nSPS) is 12.9. The topological polar surface area (TPSA) is 46.8 Å². The summed E-state index contributed by atoms with van der Waals surface area (Å²) in [6, 6.07) is 19.5. The van der Waals surface area contributed by atoms with Crippen molar-refractivity contribution in [3.05, 3.63) is 95.4 Å². The predicted octanol–water partition coefficient (Wildman–Crippen LogP) is 4.42. The van der Waals surface area contributed by atoms with E-state index in [0.717, 1.165) is 41.3 Å². The third-order valence-corrected chi connectivity index (χ3v) is 5.35. The fourth-order valence-electron chi connectivity index (χ4n) is 3.83. The van der Waals surface area contributed by atoms with E-state index in [4.69, 9.17) is 4.74 Å². The number of hydrogen-bond acceptors (Lipinski definition) is 3. The van der Waals surface area contributed by atoms with E-state index in [0.29, 0.717) is 12.2 Å². The molecule has 2 aromatic heterocycles. The van der Waals surface area contributed by atoms with E-state index in [1.54, 1.807) is 0 Å². The Labute approximate surface area is 169 Å². The van der Waals surface area contributed by atoms with E-state index in [1.807, 2.05) is 83.2 Å². The Kier molecular flexibility index (Phi) is 4.28. The summed E-state index contributed by atoms with van der Waals surface area (Å²) in [6.45, 7) is 3.15. The molecule has 5 rings (SSSR count). The van der Waals surface area contributed by atoms with E-state index < -0.39 is 0 Å². The van der Waals surface area contributed by atoms with Gasteiger partial charge in [0.2, 0.25) is 0 Å². The zero-order chi connectivity index (χ0) is 19.8. The lowest BCUT2D eigenvalue weighted by Crippen LogP contribution is -2.28. The maximum atomic E-state index is 12.9. The quantitative estimate of drug-likeness (QED) is 0.524. The Hall–Kier alpha value is -3.60. The van der Waals surface area contributed by atoms with Gasteiger partial charge in [0.1, 0.15) is 18.0 Å². The van der Waals surface area contributed by atoms with Gasteiger partial charge in [-0.05, 0) is 60.9 Å². The van der Waals surface area contributed by atoms with E-state index >= 15 is 0 Å². The number of aryl methyl sites for hydroxylation is 1. The molecule has 2 aromatic carbocycles. The van der Waals surface area contributed by atoms with Crippen LogP contribution in [-0.4, -0.2) is 21.8 Å².